The van der Waals surface area contributed by atoms with Gasteiger partial charge in [0.15, 0.2) is 0 Å². The molecule has 0 radical (unpaired) electrons. The summed E-state index contributed by atoms with van der Waals surface area (Å²) >= 11 is 0. The largest absolute Gasteiger partial charge is 0.377 e. The summed E-state index contributed by atoms with van der Waals surface area (Å²) in [6, 6.07) is 14.9. The van der Waals surface area contributed by atoms with Gasteiger partial charge < -0.3 is 11.1 Å². The molecule has 0 aromatic heterocycles. The summed E-state index contributed by atoms with van der Waals surface area (Å²) in [5, 5.41) is 3.28. The van der Waals surface area contributed by atoms with E-state index in [0.29, 0.717) is 12.5 Å². The Kier molecular flexibility index (Phi) is 5.34. The van der Waals surface area contributed by atoms with Crippen molar-refractivity contribution in [3.8, 4) is 0 Å². The molecule has 0 aliphatic rings. The Hall–Kier alpha value is -1.87. The maximum absolute atomic E-state index is 13.2. The van der Waals surface area contributed by atoms with Crippen LogP contribution in [0.5, 0.6) is 0 Å². The molecule has 21 heavy (non-hydrogen) atoms. The minimum absolute atomic E-state index is 0.0140. The molecule has 3 N–H and O–H groups in total. The quantitative estimate of drug-likeness (QED) is 0.837. The Balaban J connectivity index is 2.10. The lowest BCUT2D eigenvalue weighted by Crippen LogP contribution is -2.20. The summed E-state index contributed by atoms with van der Waals surface area (Å²) in [5.41, 5.74) is 9.05. The van der Waals surface area contributed by atoms with Gasteiger partial charge >= 0.3 is 0 Å². The first kappa shape index (κ1) is 15.5. The number of halogens is 1. The predicted octanol–water partition coefficient (Wildman–Crippen LogP) is 4.14. The summed E-state index contributed by atoms with van der Waals surface area (Å²) in [6.07, 6.45) is 1.07. The first-order chi connectivity index (χ1) is 10.1. The van der Waals surface area contributed by atoms with Crippen LogP contribution in [0.15, 0.2) is 48.5 Å². The molecule has 0 amide bonds. The molecule has 0 spiro atoms. The van der Waals surface area contributed by atoms with Gasteiger partial charge in [0, 0.05) is 12.2 Å². The Morgan fingerprint density at radius 3 is 2.38 bits per heavy atom. The highest BCUT2D eigenvalue weighted by molar-refractivity contribution is 5.46. The number of anilines is 1. The number of benzene rings is 2. The van der Waals surface area contributed by atoms with Gasteiger partial charge in [-0.05, 0) is 41.7 Å². The van der Waals surface area contributed by atoms with Crippen molar-refractivity contribution in [3.63, 3.8) is 0 Å². The van der Waals surface area contributed by atoms with Gasteiger partial charge in [0.2, 0.25) is 0 Å². The fourth-order valence-corrected chi connectivity index (χ4v) is 2.42. The van der Waals surface area contributed by atoms with Crippen molar-refractivity contribution in [1.29, 1.82) is 0 Å². The first-order valence-corrected chi connectivity index (χ1v) is 7.39. The Morgan fingerprint density at radius 1 is 1.10 bits per heavy atom. The van der Waals surface area contributed by atoms with E-state index in [2.05, 4.69) is 43.4 Å². The molecular formula is C18H23FN2. The molecule has 0 saturated heterocycles. The average molecular weight is 286 g/mol. The highest BCUT2D eigenvalue weighted by Gasteiger charge is 2.10. The van der Waals surface area contributed by atoms with E-state index in [4.69, 9.17) is 5.73 Å². The molecule has 2 aromatic carbocycles. The van der Waals surface area contributed by atoms with E-state index in [1.54, 1.807) is 6.07 Å². The van der Waals surface area contributed by atoms with Gasteiger partial charge in [-0.15, -0.1) is 0 Å². The minimum atomic E-state index is -0.247. The lowest BCUT2D eigenvalue weighted by molar-refractivity contribution is 0.627. The molecule has 2 aromatic rings. The van der Waals surface area contributed by atoms with Crippen molar-refractivity contribution in [2.45, 2.75) is 26.3 Å². The first-order valence-electron chi connectivity index (χ1n) is 7.39. The summed E-state index contributed by atoms with van der Waals surface area (Å²) in [5.74, 6) is 0.398. The van der Waals surface area contributed by atoms with Crippen LogP contribution in [-0.2, 0) is 6.42 Å². The highest BCUT2D eigenvalue weighted by Crippen LogP contribution is 2.20. The molecule has 3 heteroatoms. The molecule has 1 atom stereocenters. The standard InChI is InChI=1S/C18H23FN2/c1-13(2)10-14-6-8-15(9-7-14)18(12-20)21-17-5-3-4-16(19)11-17/h3-9,11,13,18,21H,10,12,20H2,1-2H3. The zero-order valence-electron chi connectivity index (χ0n) is 12.6. The number of hydrogen-bond donors (Lipinski definition) is 2. The lowest BCUT2D eigenvalue weighted by Gasteiger charge is -2.19. The van der Waals surface area contributed by atoms with Crippen molar-refractivity contribution in [2.75, 3.05) is 11.9 Å². The third-order valence-electron chi connectivity index (χ3n) is 3.43. The number of hydrogen-bond acceptors (Lipinski definition) is 2. The van der Waals surface area contributed by atoms with E-state index >= 15 is 0 Å². The van der Waals surface area contributed by atoms with Crippen LogP contribution in [0.3, 0.4) is 0 Å². The molecule has 112 valence electrons. The SMILES string of the molecule is CC(C)Cc1ccc(C(CN)Nc2cccc(F)c2)cc1. The Bertz CT molecular complexity index is 564. The van der Waals surface area contributed by atoms with E-state index in [0.717, 1.165) is 17.7 Å². The molecule has 0 fully saturated rings. The van der Waals surface area contributed by atoms with Gasteiger partial charge in [-0.3, -0.25) is 0 Å². The summed E-state index contributed by atoms with van der Waals surface area (Å²) in [4.78, 5) is 0. The summed E-state index contributed by atoms with van der Waals surface area (Å²) in [7, 11) is 0. The van der Waals surface area contributed by atoms with Crippen molar-refractivity contribution >= 4 is 5.69 Å². The smallest absolute Gasteiger partial charge is 0.125 e. The number of nitrogens with one attached hydrogen (secondary N) is 1. The van der Waals surface area contributed by atoms with Crippen LogP contribution in [0.2, 0.25) is 0 Å². The zero-order chi connectivity index (χ0) is 15.2. The molecule has 0 heterocycles. The van der Waals surface area contributed by atoms with Crippen LogP contribution in [0.4, 0.5) is 10.1 Å². The molecule has 0 aliphatic heterocycles. The van der Waals surface area contributed by atoms with Gasteiger partial charge in [0.25, 0.3) is 0 Å². The van der Waals surface area contributed by atoms with Crippen LogP contribution >= 0.6 is 0 Å². The van der Waals surface area contributed by atoms with Gasteiger partial charge in [0.1, 0.15) is 5.82 Å². The van der Waals surface area contributed by atoms with Crippen molar-refractivity contribution in [2.24, 2.45) is 11.7 Å². The molecular weight excluding hydrogens is 263 g/mol. The molecule has 2 nitrogen and oxygen atoms in total. The number of nitrogens with two attached hydrogens (primary N) is 1. The highest BCUT2D eigenvalue weighted by atomic mass is 19.1. The molecule has 0 aliphatic carbocycles. The average Bonchev–Trinajstić information content (AvgIpc) is 2.45. The molecule has 2 rings (SSSR count). The van der Waals surface area contributed by atoms with Crippen molar-refractivity contribution in [1.82, 2.24) is 0 Å². The second-order valence-corrected chi connectivity index (χ2v) is 5.78. The van der Waals surface area contributed by atoms with E-state index < -0.39 is 0 Å². The second-order valence-electron chi connectivity index (χ2n) is 5.78. The molecule has 0 saturated carbocycles. The van der Waals surface area contributed by atoms with E-state index in [1.807, 2.05) is 6.07 Å². The van der Waals surface area contributed by atoms with Gasteiger partial charge in [0.05, 0.1) is 6.04 Å². The van der Waals surface area contributed by atoms with Gasteiger partial charge in [-0.2, -0.15) is 0 Å². The van der Waals surface area contributed by atoms with Crippen molar-refractivity contribution < 1.29 is 4.39 Å². The summed E-state index contributed by atoms with van der Waals surface area (Å²) in [6.45, 7) is 4.88. The Morgan fingerprint density at radius 2 is 1.81 bits per heavy atom. The minimum Gasteiger partial charge on any atom is -0.377 e. The van der Waals surface area contributed by atoms with Gasteiger partial charge in [-0.1, -0.05) is 44.2 Å². The van der Waals surface area contributed by atoms with E-state index in [1.165, 1.54) is 17.7 Å². The number of rotatable bonds is 6. The lowest BCUT2D eigenvalue weighted by atomic mass is 9.99. The van der Waals surface area contributed by atoms with Crippen molar-refractivity contribution in [3.05, 3.63) is 65.5 Å². The third kappa shape index (κ3) is 4.57. The maximum atomic E-state index is 13.2. The fraction of sp³-hybridized carbons (Fsp3) is 0.333. The second kappa shape index (κ2) is 7.23. The zero-order valence-corrected chi connectivity index (χ0v) is 12.6. The fourth-order valence-electron chi connectivity index (χ4n) is 2.42. The Labute approximate surface area is 126 Å². The van der Waals surface area contributed by atoms with E-state index in [-0.39, 0.29) is 11.9 Å². The van der Waals surface area contributed by atoms with E-state index in [9.17, 15) is 4.39 Å². The maximum Gasteiger partial charge on any atom is 0.125 e. The molecule has 1 unspecified atom stereocenters. The topological polar surface area (TPSA) is 38.0 Å². The van der Waals surface area contributed by atoms with Crippen LogP contribution < -0.4 is 11.1 Å². The van der Waals surface area contributed by atoms with Gasteiger partial charge in [-0.25, -0.2) is 4.39 Å². The van der Waals surface area contributed by atoms with Crippen LogP contribution in [0.25, 0.3) is 0 Å². The van der Waals surface area contributed by atoms with Crippen LogP contribution in [0, 0.1) is 11.7 Å². The normalized spacial score (nSPS) is 12.4. The molecule has 0 bridgehead atoms. The van der Waals surface area contributed by atoms with Crippen LogP contribution in [-0.4, -0.2) is 6.54 Å². The monoisotopic (exact) mass is 286 g/mol. The predicted molar refractivity (Wildman–Crippen MR) is 86.8 cm³/mol. The van der Waals surface area contributed by atoms with Crippen LogP contribution in [0.1, 0.15) is 31.0 Å². The summed E-state index contributed by atoms with van der Waals surface area (Å²) < 4.78 is 13.2. The third-order valence-corrected chi connectivity index (χ3v) is 3.43.